The molecule has 0 radical (unpaired) electrons. The second kappa shape index (κ2) is 4.46. The Labute approximate surface area is 105 Å². The number of aromatic nitrogens is 2. The molecule has 0 aliphatic rings. The molecular weight excluding hydrogens is 285 g/mol. The van der Waals surface area contributed by atoms with Crippen LogP contribution in [0.15, 0.2) is 23.2 Å². The van der Waals surface area contributed by atoms with E-state index in [0.717, 1.165) is 6.20 Å². The predicted octanol–water partition coefficient (Wildman–Crippen LogP) is 1.21. The number of rotatable bonds is 3. The number of hydrogen-bond acceptors (Lipinski definition) is 4. The number of aromatic amines is 1. The molecule has 2 rings (SSSR count). The number of nitrogen functional groups attached to an aromatic ring is 1. The number of nitrogens with two attached hydrogens (primary N) is 1. The van der Waals surface area contributed by atoms with Gasteiger partial charge in [-0.3, -0.25) is 9.82 Å². The Morgan fingerprint density at radius 1 is 1.26 bits per heavy atom. The summed E-state index contributed by atoms with van der Waals surface area (Å²) in [5.74, 6) is -4.45. The lowest BCUT2D eigenvalue weighted by molar-refractivity contribution is 0.498. The summed E-state index contributed by atoms with van der Waals surface area (Å²) in [4.78, 5) is -0.462. The van der Waals surface area contributed by atoms with Gasteiger partial charge in [-0.05, 0) is 0 Å². The van der Waals surface area contributed by atoms with Crippen LogP contribution in [0, 0.1) is 17.5 Å². The SMILES string of the molecule is Nc1[nH]ncc1S(=O)(=O)Nc1cc(F)cc(F)c1F. The first-order chi connectivity index (χ1) is 8.81. The standard InChI is InChI=1S/C9H7F3N4O2S/c10-4-1-5(11)8(12)6(2-4)16-19(17,18)7-3-14-15-9(7)13/h1-3,16H,(H3,13,14,15). The maximum atomic E-state index is 13.3. The summed E-state index contributed by atoms with van der Waals surface area (Å²) < 4.78 is 64.5. The van der Waals surface area contributed by atoms with Crippen LogP contribution in [0.3, 0.4) is 0 Å². The van der Waals surface area contributed by atoms with Gasteiger partial charge in [-0.2, -0.15) is 5.10 Å². The van der Waals surface area contributed by atoms with Crippen molar-refractivity contribution < 1.29 is 21.6 Å². The Hall–Kier alpha value is -2.23. The van der Waals surface area contributed by atoms with Crippen LogP contribution in [0.1, 0.15) is 0 Å². The fraction of sp³-hybridized carbons (Fsp3) is 0. The Kier molecular flexibility index (Phi) is 3.10. The number of halogens is 3. The van der Waals surface area contributed by atoms with E-state index in [9.17, 15) is 21.6 Å². The molecule has 0 spiro atoms. The minimum absolute atomic E-state index is 0.287. The molecule has 19 heavy (non-hydrogen) atoms. The summed E-state index contributed by atoms with van der Waals surface area (Å²) in [7, 11) is -4.30. The minimum atomic E-state index is -4.30. The first-order valence-electron chi connectivity index (χ1n) is 4.77. The number of benzene rings is 1. The molecular formula is C9H7F3N4O2S. The van der Waals surface area contributed by atoms with Crippen molar-refractivity contribution >= 4 is 21.5 Å². The van der Waals surface area contributed by atoms with Crippen molar-refractivity contribution in [3.05, 3.63) is 35.8 Å². The van der Waals surface area contributed by atoms with E-state index in [2.05, 4.69) is 10.2 Å². The van der Waals surface area contributed by atoms with Crippen molar-refractivity contribution in [1.82, 2.24) is 10.2 Å². The highest BCUT2D eigenvalue weighted by atomic mass is 32.2. The summed E-state index contributed by atoms with van der Waals surface area (Å²) >= 11 is 0. The van der Waals surface area contributed by atoms with Gasteiger partial charge in [0.25, 0.3) is 10.0 Å². The van der Waals surface area contributed by atoms with Crippen molar-refractivity contribution in [2.75, 3.05) is 10.5 Å². The molecule has 6 nitrogen and oxygen atoms in total. The van der Waals surface area contributed by atoms with E-state index >= 15 is 0 Å². The first-order valence-corrected chi connectivity index (χ1v) is 6.26. The summed E-state index contributed by atoms with van der Waals surface area (Å²) in [5, 5.41) is 5.54. The molecule has 4 N–H and O–H groups in total. The summed E-state index contributed by atoms with van der Waals surface area (Å²) in [5.41, 5.74) is 4.44. The van der Waals surface area contributed by atoms with Crippen LogP contribution in [0.4, 0.5) is 24.7 Å². The molecule has 0 amide bonds. The maximum Gasteiger partial charge on any atom is 0.267 e. The second-order valence-electron chi connectivity index (χ2n) is 3.50. The van der Waals surface area contributed by atoms with E-state index in [1.807, 2.05) is 0 Å². The normalized spacial score (nSPS) is 11.5. The zero-order valence-corrected chi connectivity index (χ0v) is 9.93. The number of sulfonamides is 1. The van der Waals surface area contributed by atoms with Gasteiger partial charge in [0.05, 0.1) is 11.9 Å². The molecule has 1 aromatic carbocycles. The Morgan fingerprint density at radius 2 is 1.95 bits per heavy atom. The van der Waals surface area contributed by atoms with Gasteiger partial charge in [0.1, 0.15) is 16.5 Å². The zero-order chi connectivity index (χ0) is 14.2. The third-order valence-corrected chi connectivity index (χ3v) is 3.55. The average Bonchev–Trinajstić information content (AvgIpc) is 2.72. The van der Waals surface area contributed by atoms with Crippen LogP contribution in [0.25, 0.3) is 0 Å². The molecule has 0 bridgehead atoms. The Balaban J connectivity index is 2.45. The topological polar surface area (TPSA) is 101 Å². The van der Waals surface area contributed by atoms with E-state index < -0.39 is 38.1 Å². The van der Waals surface area contributed by atoms with Gasteiger partial charge in [0.2, 0.25) is 0 Å². The lowest BCUT2D eigenvalue weighted by atomic mass is 10.3. The summed E-state index contributed by atoms with van der Waals surface area (Å²) in [6.45, 7) is 0. The average molecular weight is 292 g/mol. The van der Waals surface area contributed by atoms with Crippen LogP contribution < -0.4 is 10.5 Å². The minimum Gasteiger partial charge on any atom is -0.383 e. The third kappa shape index (κ3) is 2.47. The maximum absolute atomic E-state index is 13.3. The highest BCUT2D eigenvalue weighted by Crippen LogP contribution is 2.23. The molecule has 1 aromatic heterocycles. The Morgan fingerprint density at radius 3 is 2.53 bits per heavy atom. The predicted molar refractivity (Wildman–Crippen MR) is 60.1 cm³/mol. The third-order valence-electron chi connectivity index (χ3n) is 2.16. The summed E-state index contributed by atoms with van der Waals surface area (Å²) in [6.07, 6.45) is 0.880. The van der Waals surface area contributed by atoms with Crippen LogP contribution in [0.5, 0.6) is 0 Å². The lowest BCUT2D eigenvalue weighted by Crippen LogP contribution is -2.15. The van der Waals surface area contributed by atoms with Crippen LogP contribution in [-0.2, 0) is 10.0 Å². The number of hydrogen-bond donors (Lipinski definition) is 3. The molecule has 0 atom stereocenters. The number of H-pyrrole nitrogens is 1. The monoisotopic (exact) mass is 292 g/mol. The van der Waals surface area contributed by atoms with Gasteiger partial charge in [-0.15, -0.1) is 0 Å². The highest BCUT2D eigenvalue weighted by molar-refractivity contribution is 7.92. The second-order valence-corrected chi connectivity index (χ2v) is 5.15. The smallest absolute Gasteiger partial charge is 0.267 e. The van der Waals surface area contributed by atoms with Gasteiger partial charge < -0.3 is 5.73 Å². The van der Waals surface area contributed by atoms with Gasteiger partial charge in [0.15, 0.2) is 11.6 Å². The fourth-order valence-electron chi connectivity index (χ4n) is 1.33. The number of nitrogens with one attached hydrogen (secondary N) is 2. The highest BCUT2D eigenvalue weighted by Gasteiger charge is 2.22. The van der Waals surface area contributed by atoms with Gasteiger partial charge in [0, 0.05) is 12.1 Å². The molecule has 0 unspecified atom stereocenters. The fourth-order valence-corrected chi connectivity index (χ4v) is 2.40. The summed E-state index contributed by atoms with van der Waals surface area (Å²) in [6, 6.07) is 0.797. The van der Waals surface area contributed by atoms with E-state index in [4.69, 9.17) is 5.73 Å². The molecule has 0 aliphatic carbocycles. The van der Waals surface area contributed by atoms with E-state index in [1.165, 1.54) is 0 Å². The van der Waals surface area contributed by atoms with Crippen molar-refractivity contribution in [2.45, 2.75) is 4.90 Å². The molecule has 0 saturated carbocycles. The quantitative estimate of drug-likeness (QED) is 0.740. The van der Waals surface area contributed by atoms with E-state index in [0.29, 0.717) is 12.1 Å². The molecule has 0 saturated heterocycles. The van der Waals surface area contributed by atoms with Crippen molar-refractivity contribution in [3.63, 3.8) is 0 Å². The number of nitrogens with zero attached hydrogens (tertiary/aromatic N) is 1. The van der Waals surface area contributed by atoms with Crippen molar-refractivity contribution in [1.29, 1.82) is 0 Å². The molecule has 10 heteroatoms. The molecule has 2 aromatic rings. The molecule has 102 valence electrons. The van der Waals surface area contributed by atoms with Gasteiger partial charge in [-0.25, -0.2) is 21.6 Å². The van der Waals surface area contributed by atoms with Crippen LogP contribution in [-0.4, -0.2) is 18.6 Å². The largest absolute Gasteiger partial charge is 0.383 e. The number of anilines is 2. The van der Waals surface area contributed by atoms with Crippen molar-refractivity contribution in [3.8, 4) is 0 Å². The van der Waals surface area contributed by atoms with Gasteiger partial charge in [-0.1, -0.05) is 0 Å². The van der Waals surface area contributed by atoms with E-state index in [1.54, 1.807) is 4.72 Å². The molecule has 1 heterocycles. The molecule has 0 fully saturated rings. The zero-order valence-electron chi connectivity index (χ0n) is 9.12. The lowest BCUT2D eigenvalue weighted by Gasteiger charge is -2.08. The van der Waals surface area contributed by atoms with E-state index in [-0.39, 0.29) is 5.82 Å². The molecule has 0 aliphatic heterocycles. The first kappa shape index (κ1) is 13.2. The van der Waals surface area contributed by atoms with Crippen LogP contribution in [0.2, 0.25) is 0 Å². The van der Waals surface area contributed by atoms with Crippen molar-refractivity contribution in [2.24, 2.45) is 0 Å². The van der Waals surface area contributed by atoms with Crippen LogP contribution >= 0.6 is 0 Å². The van der Waals surface area contributed by atoms with Gasteiger partial charge >= 0.3 is 0 Å². The Bertz CT molecular complexity index is 729.